The monoisotopic (exact) mass is 439 g/mol. The zero-order valence-corrected chi connectivity index (χ0v) is 16.1. The number of hydrogen-bond acceptors (Lipinski definition) is 1. The Hall–Kier alpha value is -1.89. The predicted octanol–water partition coefficient (Wildman–Crippen LogP) is 6.68. The van der Waals surface area contributed by atoms with Crippen molar-refractivity contribution in [2.75, 3.05) is 0 Å². The third-order valence-corrected chi connectivity index (χ3v) is 5.31. The molecule has 0 saturated carbocycles. The first-order valence-electron chi connectivity index (χ1n) is 7.60. The first kappa shape index (κ1) is 17.0. The van der Waals surface area contributed by atoms with Gasteiger partial charge in [0.2, 0.25) is 0 Å². The highest BCUT2D eigenvalue weighted by Gasteiger charge is 2.11. The van der Waals surface area contributed by atoms with E-state index in [1.807, 2.05) is 18.2 Å². The Morgan fingerprint density at radius 2 is 1.08 bits per heavy atom. The maximum Gasteiger partial charge on any atom is 0.100 e. The van der Waals surface area contributed by atoms with Crippen LogP contribution in [0.3, 0.4) is 0 Å². The molecule has 1 nitrogen and oxygen atoms in total. The summed E-state index contributed by atoms with van der Waals surface area (Å²) < 4.78 is 0. The molecule has 0 spiro atoms. The lowest BCUT2D eigenvalue weighted by Crippen LogP contribution is -1.90. The molecule has 0 aliphatic rings. The van der Waals surface area contributed by atoms with Crippen molar-refractivity contribution < 1.29 is 0 Å². The van der Waals surface area contributed by atoms with E-state index in [4.69, 9.17) is 0 Å². The molecule has 0 aliphatic carbocycles. The van der Waals surface area contributed by atoms with Crippen molar-refractivity contribution >= 4 is 31.9 Å². The summed E-state index contributed by atoms with van der Waals surface area (Å²) in [5.74, 6) is 0. The summed E-state index contributed by atoms with van der Waals surface area (Å²) in [5, 5.41) is 11.4. The molecule has 0 amide bonds. The molecule has 3 rings (SSSR count). The molecule has 3 aromatic carbocycles. The zero-order chi connectivity index (χ0) is 16.9. The Morgan fingerprint density at radius 1 is 0.667 bits per heavy atom. The van der Waals surface area contributed by atoms with Gasteiger partial charge in [-0.05, 0) is 22.3 Å². The number of nitriles is 1. The van der Waals surface area contributed by atoms with Gasteiger partial charge in [-0.25, -0.2) is 0 Å². The summed E-state index contributed by atoms with van der Waals surface area (Å²) in [5.41, 5.74) is 7.24. The summed E-state index contributed by atoms with van der Waals surface area (Å²) in [6.07, 6.45) is 0. The molecule has 118 valence electrons. The zero-order valence-electron chi connectivity index (χ0n) is 13.0. The Kier molecular flexibility index (Phi) is 5.50. The standard InChI is InChI=1S/C21H15Br2N/c22-12-15-4-8-17(9-5-15)19-2-1-3-20(21(19)14-24)18-10-6-16(13-23)7-11-18/h1-11H,12-13H2. The van der Waals surface area contributed by atoms with Gasteiger partial charge in [0.1, 0.15) is 6.07 Å². The van der Waals surface area contributed by atoms with Crippen LogP contribution >= 0.6 is 31.9 Å². The number of alkyl halides is 2. The van der Waals surface area contributed by atoms with E-state index >= 15 is 0 Å². The van der Waals surface area contributed by atoms with Gasteiger partial charge in [-0.3, -0.25) is 0 Å². The molecular weight excluding hydrogens is 426 g/mol. The van der Waals surface area contributed by atoms with Crippen molar-refractivity contribution in [2.24, 2.45) is 0 Å². The number of hydrogen-bond donors (Lipinski definition) is 0. The van der Waals surface area contributed by atoms with Crippen LogP contribution in [-0.2, 0) is 10.7 Å². The molecule has 0 atom stereocenters. The van der Waals surface area contributed by atoms with Crippen LogP contribution in [0, 0.1) is 11.3 Å². The second-order valence-electron chi connectivity index (χ2n) is 5.50. The van der Waals surface area contributed by atoms with E-state index in [0.717, 1.165) is 38.5 Å². The highest BCUT2D eigenvalue weighted by atomic mass is 79.9. The minimum Gasteiger partial charge on any atom is -0.192 e. The molecule has 3 heteroatoms. The Morgan fingerprint density at radius 3 is 1.42 bits per heavy atom. The molecule has 24 heavy (non-hydrogen) atoms. The smallest absolute Gasteiger partial charge is 0.100 e. The Labute approximate surface area is 159 Å². The molecule has 0 heterocycles. The van der Waals surface area contributed by atoms with E-state index in [1.54, 1.807) is 0 Å². The van der Waals surface area contributed by atoms with E-state index in [-0.39, 0.29) is 0 Å². The van der Waals surface area contributed by atoms with Crippen LogP contribution in [0.15, 0.2) is 66.7 Å². The second-order valence-corrected chi connectivity index (χ2v) is 6.62. The van der Waals surface area contributed by atoms with Gasteiger partial charge in [0.25, 0.3) is 0 Å². The van der Waals surface area contributed by atoms with Crippen molar-refractivity contribution in [1.82, 2.24) is 0 Å². The van der Waals surface area contributed by atoms with E-state index in [2.05, 4.69) is 86.5 Å². The van der Waals surface area contributed by atoms with Crippen molar-refractivity contribution in [3.05, 3.63) is 83.4 Å². The summed E-state index contributed by atoms with van der Waals surface area (Å²) >= 11 is 6.93. The molecule has 0 bridgehead atoms. The van der Waals surface area contributed by atoms with Gasteiger partial charge in [0.05, 0.1) is 5.56 Å². The minimum absolute atomic E-state index is 0.718. The largest absolute Gasteiger partial charge is 0.192 e. The van der Waals surface area contributed by atoms with Crippen LogP contribution in [0.2, 0.25) is 0 Å². The lowest BCUT2D eigenvalue weighted by atomic mass is 9.92. The Bertz CT molecular complexity index is 809. The van der Waals surface area contributed by atoms with E-state index < -0.39 is 0 Å². The number of benzene rings is 3. The van der Waals surface area contributed by atoms with Crippen LogP contribution in [0.5, 0.6) is 0 Å². The van der Waals surface area contributed by atoms with Gasteiger partial charge in [-0.2, -0.15) is 5.26 Å². The van der Waals surface area contributed by atoms with Crippen LogP contribution in [0.25, 0.3) is 22.3 Å². The molecule has 0 radical (unpaired) electrons. The second kappa shape index (κ2) is 7.79. The topological polar surface area (TPSA) is 23.8 Å². The lowest BCUT2D eigenvalue weighted by molar-refractivity contribution is 1.42. The van der Waals surface area contributed by atoms with Gasteiger partial charge in [0.15, 0.2) is 0 Å². The molecule has 0 aromatic heterocycles. The van der Waals surface area contributed by atoms with E-state index in [1.165, 1.54) is 11.1 Å². The van der Waals surface area contributed by atoms with Crippen molar-refractivity contribution in [3.8, 4) is 28.3 Å². The van der Waals surface area contributed by atoms with Crippen LogP contribution in [0.1, 0.15) is 16.7 Å². The highest BCUT2D eigenvalue weighted by Crippen LogP contribution is 2.32. The van der Waals surface area contributed by atoms with Gasteiger partial charge in [0, 0.05) is 21.8 Å². The SMILES string of the molecule is N#Cc1c(-c2ccc(CBr)cc2)cccc1-c1ccc(CBr)cc1. The lowest BCUT2D eigenvalue weighted by Gasteiger charge is -2.11. The van der Waals surface area contributed by atoms with Gasteiger partial charge >= 0.3 is 0 Å². The number of rotatable bonds is 4. The molecule has 0 N–H and O–H groups in total. The molecule has 0 aliphatic heterocycles. The highest BCUT2D eigenvalue weighted by molar-refractivity contribution is 9.08. The van der Waals surface area contributed by atoms with E-state index in [9.17, 15) is 5.26 Å². The predicted molar refractivity (Wildman–Crippen MR) is 107 cm³/mol. The van der Waals surface area contributed by atoms with Crippen LogP contribution in [-0.4, -0.2) is 0 Å². The molecule has 0 fully saturated rings. The summed E-state index contributed by atoms with van der Waals surface area (Å²) in [6, 6.07) is 25.1. The average molecular weight is 441 g/mol. The quantitative estimate of drug-likeness (QED) is 0.415. The third kappa shape index (κ3) is 3.45. The van der Waals surface area contributed by atoms with Crippen molar-refractivity contribution in [3.63, 3.8) is 0 Å². The molecular formula is C21H15Br2N. The number of halogens is 2. The summed E-state index contributed by atoms with van der Waals surface area (Å²) in [4.78, 5) is 0. The minimum atomic E-state index is 0.718. The fraction of sp³-hybridized carbons (Fsp3) is 0.0952. The molecule has 0 saturated heterocycles. The van der Waals surface area contributed by atoms with Crippen LogP contribution in [0.4, 0.5) is 0 Å². The van der Waals surface area contributed by atoms with Gasteiger partial charge < -0.3 is 0 Å². The fourth-order valence-electron chi connectivity index (χ4n) is 2.70. The molecule has 0 unspecified atom stereocenters. The maximum absolute atomic E-state index is 9.76. The first-order chi connectivity index (χ1) is 11.8. The van der Waals surface area contributed by atoms with Gasteiger partial charge in [-0.1, -0.05) is 98.6 Å². The van der Waals surface area contributed by atoms with Gasteiger partial charge in [-0.15, -0.1) is 0 Å². The average Bonchev–Trinajstić information content (AvgIpc) is 2.67. The summed E-state index contributed by atoms with van der Waals surface area (Å²) in [7, 11) is 0. The Balaban J connectivity index is 2.10. The number of nitrogens with zero attached hydrogens (tertiary/aromatic N) is 1. The first-order valence-corrected chi connectivity index (χ1v) is 9.84. The molecule has 3 aromatic rings. The van der Waals surface area contributed by atoms with Crippen molar-refractivity contribution in [2.45, 2.75) is 10.7 Å². The summed E-state index contributed by atoms with van der Waals surface area (Å²) in [6.45, 7) is 0. The normalized spacial score (nSPS) is 10.4. The van der Waals surface area contributed by atoms with E-state index in [0.29, 0.717) is 0 Å². The maximum atomic E-state index is 9.76. The fourth-order valence-corrected chi connectivity index (χ4v) is 3.45. The van der Waals surface area contributed by atoms with Crippen molar-refractivity contribution in [1.29, 1.82) is 5.26 Å². The van der Waals surface area contributed by atoms with Crippen LogP contribution < -0.4 is 0 Å². The third-order valence-electron chi connectivity index (χ3n) is 4.01.